The summed E-state index contributed by atoms with van der Waals surface area (Å²) in [5, 5.41) is 13.0. The first-order chi connectivity index (χ1) is 8.58. The summed E-state index contributed by atoms with van der Waals surface area (Å²) in [6, 6.07) is 7.91. The Morgan fingerprint density at radius 3 is 2.67 bits per heavy atom. The number of benzene rings is 1. The second-order valence-corrected chi connectivity index (χ2v) is 4.94. The Balaban J connectivity index is 2.33. The van der Waals surface area contributed by atoms with Crippen LogP contribution in [0.5, 0.6) is 0 Å². The predicted octanol–water partition coefficient (Wildman–Crippen LogP) is 2.87. The summed E-state index contributed by atoms with van der Waals surface area (Å²) in [5.41, 5.74) is 2.98. The lowest BCUT2D eigenvalue weighted by molar-refractivity contribution is -0.136. The molecule has 0 saturated heterocycles. The summed E-state index contributed by atoms with van der Waals surface area (Å²) in [7, 11) is 1.83. The van der Waals surface area contributed by atoms with E-state index >= 15 is 0 Å². The van der Waals surface area contributed by atoms with Crippen LogP contribution in [0.3, 0.4) is 0 Å². The molecule has 1 aromatic carbocycles. The van der Waals surface area contributed by atoms with Crippen molar-refractivity contribution in [1.82, 2.24) is 9.78 Å². The molecule has 2 rings (SSSR count). The molecule has 0 saturated carbocycles. The van der Waals surface area contributed by atoms with E-state index in [0.29, 0.717) is 6.42 Å². The Morgan fingerprint density at radius 2 is 2.06 bits per heavy atom. The maximum Gasteiger partial charge on any atom is 0.303 e. The molecule has 1 N–H and O–H groups in total. The van der Waals surface area contributed by atoms with Gasteiger partial charge in [-0.15, -0.1) is 0 Å². The van der Waals surface area contributed by atoms with E-state index in [1.54, 1.807) is 10.9 Å². The van der Waals surface area contributed by atoms with Crippen LogP contribution in [0, 0.1) is 0 Å². The zero-order chi connectivity index (χ0) is 13.1. The maximum absolute atomic E-state index is 10.7. The second kappa shape index (κ2) is 5.35. The Labute approximate surface area is 113 Å². The van der Waals surface area contributed by atoms with Crippen molar-refractivity contribution in [2.75, 3.05) is 0 Å². The summed E-state index contributed by atoms with van der Waals surface area (Å²) in [6.07, 6.45) is 2.38. The monoisotopic (exact) mass is 308 g/mol. The van der Waals surface area contributed by atoms with Crippen molar-refractivity contribution >= 4 is 21.9 Å². The van der Waals surface area contributed by atoms with E-state index in [4.69, 9.17) is 5.11 Å². The molecule has 4 nitrogen and oxygen atoms in total. The fourth-order valence-corrected chi connectivity index (χ4v) is 2.12. The smallest absolute Gasteiger partial charge is 0.303 e. The minimum atomic E-state index is -0.794. The number of rotatable bonds is 4. The molecular formula is C13H13BrN2O2. The third-order valence-electron chi connectivity index (χ3n) is 2.79. The molecule has 1 aromatic heterocycles. The fourth-order valence-electron chi connectivity index (χ4n) is 1.86. The van der Waals surface area contributed by atoms with E-state index in [1.807, 2.05) is 31.3 Å². The van der Waals surface area contributed by atoms with Crippen molar-refractivity contribution in [3.8, 4) is 11.1 Å². The minimum Gasteiger partial charge on any atom is -0.481 e. The third-order valence-corrected chi connectivity index (χ3v) is 3.32. The molecule has 94 valence electrons. The molecule has 0 aliphatic carbocycles. The molecule has 0 unspecified atom stereocenters. The molecule has 5 heteroatoms. The molecule has 0 aliphatic heterocycles. The van der Waals surface area contributed by atoms with Crippen LogP contribution in [0.25, 0.3) is 11.1 Å². The van der Waals surface area contributed by atoms with Gasteiger partial charge in [0.1, 0.15) is 0 Å². The number of aromatic nitrogens is 2. The van der Waals surface area contributed by atoms with Crippen LogP contribution in [0.1, 0.15) is 12.1 Å². The molecule has 2 aromatic rings. The number of carboxylic acids is 1. The molecule has 0 fully saturated rings. The van der Waals surface area contributed by atoms with Crippen molar-refractivity contribution in [3.63, 3.8) is 0 Å². The first kappa shape index (κ1) is 12.8. The molecular weight excluding hydrogens is 296 g/mol. The summed E-state index contributed by atoms with van der Waals surface area (Å²) in [5.74, 6) is -0.794. The SMILES string of the molecule is Cn1ncc(-c2ccc(Br)cc2)c1CCC(=O)O. The van der Waals surface area contributed by atoms with Crippen LogP contribution in [0.2, 0.25) is 0 Å². The van der Waals surface area contributed by atoms with E-state index in [9.17, 15) is 4.79 Å². The van der Waals surface area contributed by atoms with Crippen LogP contribution in [-0.2, 0) is 18.3 Å². The average Bonchev–Trinajstić information content (AvgIpc) is 2.69. The lowest BCUT2D eigenvalue weighted by atomic mass is 10.0. The minimum absolute atomic E-state index is 0.114. The van der Waals surface area contributed by atoms with Crippen LogP contribution < -0.4 is 0 Å². The number of hydrogen-bond acceptors (Lipinski definition) is 2. The summed E-state index contributed by atoms with van der Waals surface area (Å²) >= 11 is 3.39. The first-order valence-electron chi connectivity index (χ1n) is 5.56. The molecule has 18 heavy (non-hydrogen) atoms. The summed E-state index contributed by atoms with van der Waals surface area (Å²) in [6.45, 7) is 0. The van der Waals surface area contributed by atoms with Gasteiger partial charge >= 0.3 is 5.97 Å². The molecule has 0 spiro atoms. The maximum atomic E-state index is 10.7. The van der Waals surface area contributed by atoms with Crippen LogP contribution in [0.15, 0.2) is 34.9 Å². The zero-order valence-corrected chi connectivity index (χ0v) is 11.5. The van der Waals surface area contributed by atoms with Gasteiger partial charge in [0.05, 0.1) is 12.6 Å². The van der Waals surface area contributed by atoms with E-state index in [0.717, 1.165) is 21.3 Å². The predicted molar refractivity (Wildman–Crippen MR) is 72.3 cm³/mol. The largest absolute Gasteiger partial charge is 0.481 e. The molecule has 0 atom stereocenters. The Kier molecular flexibility index (Phi) is 3.81. The Bertz CT molecular complexity index is 561. The van der Waals surface area contributed by atoms with Gasteiger partial charge in [0, 0.05) is 29.2 Å². The molecule has 0 amide bonds. The molecule has 0 bridgehead atoms. The topological polar surface area (TPSA) is 55.1 Å². The average molecular weight is 309 g/mol. The highest BCUT2D eigenvalue weighted by atomic mass is 79.9. The van der Waals surface area contributed by atoms with Crippen molar-refractivity contribution in [3.05, 3.63) is 40.6 Å². The normalized spacial score (nSPS) is 10.6. The summed E-state index contributed by atoms with van der Waals surface area (Å²) in [4.78, 5) is 10.7. The molecule has 0 radical (unpaired) electrons. The van der Waals surface area contributed by atoms with Gasteiger partial charge in [0.15, 0.2) is 0 Å². The highest BCUT2D eigenvalue weighted by Crippen LogP contribution is 2.25. The van der Waals surface area contributed by atoms with Gasteiger partial charge in [-0.1, -0.05) is 28.1 Å². The van der Waals surface area contributed by atoms with Crippen molar-refractivity contribution in [1.29, 1.82) is 0 Å². The van der Waals surface area contributed by atoms with Gasteiger partial charge in [-0.25, -0.2) is 0 Å². The number of nitrogens with zero attached hydrogens (tertiary/aromatic N) is 2. The van der Waals surface area contributed by atoms with Gasteiger partial charge in [-0.2, -0.15) is 5.10 Å². The number of hydrogen-bond donors (Lipinski definition) is 1. The standard InChI is InChI=1S/C13H13BrN2O2/c1-16-12(6-7-13(17)18)11(8-15-16)9-2-4-10(14)5-3-9/h2-5,8H,6-7H2,1H3,(H,17,18). The number of carbonyl (C=O) groups is 1. The highest BCUT2D eigenvalue weighted by Gasteiger charge is 2.11. The van der Waals surface area contributed by atoms with Crippen LogP contribution in [0.4, 0.5) is 0 Å². The number of halogens is 1. The van der Waals surface area contributed by atoms with Gasteiger partial charge < -0.3 is 5.11 Å². The van der Waals surface area contributed by atoms with Crippen molar-refractivity contribution < 1.29 is 9.90 Å². The van der Waals surface area contributed by atoms with Gasteiger partial charge in [0.25, 0.3) is 0 Å². The molecule has 1 heterocycles. The quantitative estimate of drug-likeness (QED) is 0.945. The summed E-state index contributed by atoms with van der Waals surface area (Å²) < 4.78 is 2.75. The van der Waals surface area contributed by atoms with E-state index < -0.39 is 5.97 Å². The van der Waals surface area contributed by atoms with Gasteiger partial charge in [0.2, 0.25) is 0 Å². The third kappa shape index (κ3) is 2.79. The van der Waals surface area contributed by atoms with E-state index in [2.05, 4.69) is 21.0 Å². The highest BCUT2D eigenvalue weighted by molar-refractivity contribution is 9.10. The number of aryl methyl sites for hydroxylation is 1. The van der Waals surface area contributed by atoms with E-state index in [-0.39, 0.29) is 6.42 Å². The van der Waals surface area contributed by atoms with Crippen molar-refractivity contribution in [2.45, 2.75) is 12.8 Å². The number of carboxylic acid groups (broad SMARTS) is 1. The second-order valence-electron chi connectivity index (χ2n) is 4.03. The Morgan fingerprint density at radius 1 is 1.39 bits per heavy atom. The lowest BCUT2D eigenvalue weighted by Gasteiger charge is -2.05. The van der Waals surface area contributed by atoms with Crippen LogP contribution >= 0.6 is 15.9 Å². The van der Waals surface area contributed by atoms with Crippen molar-refractivity contribution in [2.24, 2.45) is 7.05 Å². The first-order valence-corrected chi connectivity index (χ1v) is 6.36. The Hall–Kier alpha value is -1.62. The fraction of sp³-hybridized carbons (Fsp3) is 0.231. The van der Waals surface area contributed by atoms with Gasteiger partial charge in [-0.05, 0) is 17.7 Å². The number of aliphatic carboxylic acids is 1. The van der Waals surface area contributed by atoms with E-state index in [1.165, 1.54) is 0 Å². The van der Waals surface area contributed by atoms with Gasteiger partial charge in [-0.3, -0.25) is 9.48 Å². The lowest BCUT2D eigenvalue weighted by Crippen LogP contribution is -2.04. The zero-order valence-electron chi connectivity index (χ0n) is 9.93. The van der Waals surface area contributed by atoms with Crippen LogP contribution in [-0.4, -0.2) is 20.9 Å². The molecule has 0 aliphatic rings.